The van der Waals surface area contributed by atoms with Crippen LogP contribution in [0, 0.1) is 13.8 Å². The number of aryl methyl sites for hydroxylation is 2. The van der Waals surface area contributed by atoms with Crippen molar-refractivity contribution in [2.45, 2.75) is 13.8 Å². The zero-order chi connectivity index (χ0) is 14.9. The van der Waals surface area contributed by atoms with Crippen molar-refractivity contribution >= 4 is 44.9 Å². The number of nitrogens with one attached hydrogen (secondary N) is 1. The standard InChI is InChI=1S/C15H13BrClNO2/c1-8-6-11(16)14(7-12(8)17)18-13-4-3-10(15(19)20)5-9(13)2/h3-7,18H,1-2H3,(H,19,20). The van der Waals surface area contributed by atoms with Crippen LogP contribution in [0.4, 0.5) is 11.4 Å². The highest BCUT2D eigenvalue weighted by atomic mass is 79.9. The number of rotatable bonds is 3. The Hall–Kier alpha value is -1.52. The fourth-order valence-electron chi connectivity index (χ4n) is 1.82. The summed E-state index contributed by atoms with van der Waals surface area (Å²) < 4.78 is 0.904. The van der Waals surface area contributed by atoms with Gasteiger partial charge in [0.2, 0.25) is 0 Å². The molecule has 0 saturated carbocycles. The second kappa shape index (κ2) is 5.85. The van der Waals surface area contributed by atoms with Gasteiger partial charge < -0.3 is 10.4 Å². The molecule has 0 bridgehead atoms. The summed E-state index contributed by atoms with van der Waals surface area (Å²) in [6, 6.07) is 8.73. The summed E-state index contributed by atoms with van der Waals surface area (Å²) in [5, 5.41) is 12.9. The smallest absolute Gasteiger partial charge is 0.335 e. The highest BCUT2D eigenvalue weighted by Crippen LogP contribution is 2.32. The highest BCUT2D eigenvalue weighted by Gasteiger charge is 2.08. The van der Waals surface area contributed by atoms with E-state index in [1.807, 2.05) is 26.0 Å². The maximum atomic E-state index is 10.9. The molecule has 0 aliphatic rings. The Morgan fingerprint density at radius 2 is 1.85 bits per heavy atom. The number of anilines is 2. The molecule has 0 amide bonds. The topological polar surface area (TPSA) is 49.3 Å². The quantitative estimate of drug-likeness (QED) is 0.800. The average molecular weight is 355 g/mol. The molecule has 0 aliphatic heterocycles. The third-order valence-electron chi connectivity index (χ3n) is 2.99. The average Bonchev–Trinajstić information content (AvgIpc) is 2.37. The van der Waals surface area contributed by atoms with Gasteiger partial charge in [-0.2, -0.15) is 0 Å². The molecule has 0 aromatic heterocycles. The van der Waals surface area contributed by atoms with Crippen molar-refractivity contribution in [1.29, 1.82) is 0 Å². The Balaban J connectivity index is 2.35. The molecule has 2 aromatic rings. The maximum absolute atomic E-state index is 10.9. The predicted molar refractivity (Wildman–Crippen MR) is 85.3 cm³/mol. The fourth-order valence-corrected chi connectivity index (χ4v) is 2.54. The van der Waals surface area contributed by atoms with Gasteiger partial charge in [-0.1, -0.05) is 11.6 Å². The van der Waals surface area contributed by atoms with E-state index in [0.29, 0.717) is 5.02 Å². The molecule has 5 heteroatoms. The largest absolute Gasteiger partial charge is 0.478 e. The lowest BCUT2D eigenvalue weighted by molar-refractivity contribution is 0.0697. The van der Waals surface area contributed by atoms with Crippen LogP contribution in [-0.4, -0.2) is 11.1 Å². The van der Waals surface area contributed by atoms with E-state index in [4.69, 9.17) is 16.7 Å². The van der Waals surface area contributed by atoms with Gasteiger partial charge in [0.15, 0.2) is 0 Å². The Labute approximate surface area is 130 Å². The van der Waals surface area contributed by atoms with Gasteiger partial charge in [-0.3, -0.25) is 0 Å². The first-order valence-electron chi connectivity index (χ1n) is 5.95. The van der Waals surface area contributed by atoms with E-state index in [0.717, 1.165) is 27.0 Å². The Bertz CT molecular complexity index is 686. The summed E-state index contributed by atoms with van der Waals surface area (Å²) in [7, 11) is 0. The number of carbonyl (C=O) groups is 1. The van der Waals surface area contributed by atoms with Gasteiger partial charge >= 0.3 is 5.97 Å². The van der Waals surface area contributed by atoms with Gasteiger partial charge in [-0.15, -0.1) is 0 Å². The third-order valence-corrected chi connectivity index (χ3v) is 4.05. The minimum absolute atomic E-state index is 0.272. The SMILES string of the molecule is Cc1cc(Br)c(Nc2ccc(C(=O)O)cc2C)cc1Cl. The first-order chi connectivity index (χ1) is 9.38. The Morgan fingerprint density at radius 3 is 2.45 bits per heavy atom. The van der Waals surface area contributed by atoms with Crippen LogP contribution in [0.25, 0.3) is 0 Å². The zero-order valence-electron chi connectivity index (χ0n) is 11.0. The molecular weight excluding hydrogens is 342 g/mol. The van der Waals surface area contributed by atoms with Crippen molar-refractivity contribution in [1.82, 2.24) is 0 Å². The van der Waals surface area contributed by atoms with E-state index in [1.165, 1.54) is 0 Å². The molecule has 0 radical (unpaired) electrons. The van der Waals surface area contributed by atoms with Gasteiger partial charge in [0.25, 0.3) is 0 Å². The molecule has 20 heavy (non-hydrogen) atoms. The van der Waals surface area contributed by atoms with Crippen LogP contribution in [0.2, 0.25) is 5.02 Å². The molecule has 0 heterocycles. The van der Waals surface area contributed by atoms with Crippen LogP contribution in [-0.2, 0) is 0 Å². The summed E-state index contributed by atoms with van der Waals surface area (Å²) in [6.45, 7) is 3.79. The van der Waals surface area contributed by atoms with Crippen LogP contribution in [0.15, 0.2) is 34.8 Å². The molecule has 2 aromatic carbocycles. The number of halogens is 2. The molecule has 0 unspecified atom stereocenters. The summed E-state index contributed by atoms with van der Waals surface area (Å²) in [4.78, 5) is 10.9. The van der Waals surface area contributed by atoms with Crippen LogP contribution >= 0.6 is 27.5 Å². The molecule has 0 atom stereocenters. The second-order valence-electron chi connectivity index (χ2n) is 4.54. The lowest BCUT2D eigenvalue weighted by Crippen LogP contribution is -2.00. The van der Waals surface area contributed by atoms with Gasteiger partial charge in [0, 0.05) is 15.2 Å². The minimum atomic E-state index is -0.931. The zero-order valence-corrected chi connectivity index (χ0v) is 13.3. The van der Waals surface area contributed by atoms with E-state index in [1.54, 1.807) is 18.2 Å². The number of carboxylic acids is 1. The maximum Gasteiger partial charge on any atom is 0.335 e. The van der Waals surface area contributed by atoms with Crippen LogP contribution in [0.3, 0.4) is 0 Å². The molecule has 3 nitrogen and oxygen atoms in total. The Morgan fingerprint density at radius 1 is 1.15 bits per heavy atom. The van der Waals surface area contributed by atoms with Crippen molar-refractivity contribution in [3.63, 3.8) is 0 Å². The third kappa shape index (κ3) is 3.14. The number of hydrogen-bond acceptors (Lipinski definition) is 2. The fraction of sp³-hybridized carbons (Fsp3) is 0.133. The summed E-state index contributed by atoms with van der Waals surface area (Å²) in [5.74, 6) is -0.931. The van der Waals surface area contributed by atoms with Gasteiger partial charge in [0.05, 0.1) is 11.3 Å². The normalized spacial score (nSPS) is 10.4. The first-order valence-corrected chi connectivity index (χ1v) is 7.12. The molecule has 0 aliphatic carbocycles. The van der Waals surface area contributed by atoms with Crippen molar-refractivity contribution in [3.8, 4) is 0 Å². The summed E-state index contributed by atoms with van der Waals surface area (Å²) in [6.07, 6.45) is 0. The number of benzene rings is 2. The lowest BCUT2D eigenvalue weighted by Gasteiger charge is -2.13. The van der Waals surface area contributed by atoms with Gasteiger partial charge in [0.1, 0.15) is 0 Å². The van der Waals surface area contributed by atoms with Crippen molar-refractivity contribution < 1.29 is 9.90 Å². The Kier molecular flexibility index (Phi) is 4.35. The summed E-state index contributed by atoms with van der Waals surface area (Å²) >= 11 is 9.61. The minimum Gasteiger partial charge on any atom is -0.478 e. The first kappa shape index (κ1) is 14.9. The summed E-state index contributed by atoms with van der Waals surface area (Å²) in [5.41, 5.74) is 3.80. The van der Waals surface area contributed by atoms with Gasteiger partial charge in [-0.25, -0.2) is 4.79 Å². The van der Waals surface area contributed by atoms with Crippen LogP contribution in [0.1, 0.15) is 21.5 Å². The molecular formula is C15H13BrClNO2. The van der Waals surface area contributed by atoms with Gasteiger partial charge in [-0.05, 0) is 71.2 Å². The highest BCUT2D eigenvalue weighted by molar-refractivity contribution is 9.10. The number of hydrogen-bond donors (Lipinski definition) is 2. The van der Waals surface area contributed by atoms with Crippen molar-refractivity contribution in [3.05, 3.63) is 56.5 Å². The molecule has 0 spiro atoms. The molecule has 104 valence electrons. The van der Waals surface area contributed by atoms with E-state index in [2.05, 4.69) is 21.2 Å². The van der Waals surface area contributed by atoms with E-state index < -0.39 is 5.97 Å². The van der Waals surface area contributed by atoms with E-state index >= 15 is 0 Å². The monoisotopic (exact) mass is 353 g/mol. The van der Waals surface area contributed by atoms with E-state index in [-0.39, 0.29) is 5.56 Å². The van der Waals surface area contributed by atoms with Crippen LogP contribution in [0.5, 0.6) is 0 Å². The molecule has 2 rings (SSSR count). The molecule has 2 N–H and O–H groups in total. The predicted octanol–water partition coefficient (Wildman–Crippen LogP) is 5.16. The lowest BCUT2D eigenvalue weighted by atomic mass is 10.1. The number of aromatic carboxylic acids is 1. The van der Waals surface area contributed by atoms with E-state index in [9.17, 15) is 4.79 Å². The van der Waals surface area contributed by atoms with Crippen molar-refractivity contribution in [2.24, 2.45) is 0 Å². The second-order valence-corrected chi connectivity index (χ2v) is 5.80. The van der Waals surface area contributed by atoms with Crippen molar-refractivity contribution in [2.75, 3.05) is 5.32 Å². The molecule has 0 fully saturated rings. The van der Waals surface area contributed by atoms with Crippen LogP contribution < -0.4 is 5.32 Å². The number of carboxylic acid groups (broad SMARTS) is 1. The molecule has 0 saturated heterocycles.